The summed E-state index contributed by atoms with van der Waals surface area (Å²) in [5.74, 6) is 0.229. The average Bonchev–Trinajstić information content (AvgIpc) is 1.91. The molecule has 10 heavy (non-hydrogen) atoms. The minimum absolute atomic E-state index is 0. The van der Waals surface area contributed by atoms with E-state index in [2.05, 4.69) is 20.4 Å². The van der Waals surface area contributed by atoms with Crippen molar-refractivity contribution in [2.75, 3.05) is 0 Å². The van der Waals surface area contributed by atoms with Crippen LogP contribution in [-0.2, 0) is 0 Å². The van der Waals surface area contributed by atoms with Crippen molar-refractivity contribution in [1.29, 1.82) is 0 Å². The van der Waals surface area contributed by atoms with Gasteiger partial charge in [-0.2, -0.15) is 0 Å². The predicted octanol–water partition coefficient (Wildman–Crippen LogP) is -1.94. The van der Waals surface area contributed by atoms with E-state index in [1.807, 2.05) is 0 Å². The molecular formula is C4H3N4NaO. The van der Waals surface area contributed by atoms with Gasteiger partial charge in [0.25, 0.3) is 0 Å². The molecule has 5 nitrogen and oxygen atoms in total. The number of nitrogens with zero attached hydrogens (tertiary/aromatic N) is 4. The fourth-order valence-corrected chi connectivity index (χ4v) is 0.385. The van der Waals surface area contributed by atoms with E-state index >= 15 is 0 Å². The van der Waals surface area contributed by atoms with Gasteiger partial charge in [-0.1, -0.05) is 0 Å². The van der Waals surface area contributed by atoms with Crippen molar-refractivity contribution in [2.45, 2.75) is 0 Å². The molecule has 1 aromatic rings. The molecule has 0 aromatic carbocycles. The van der Waals surface area contributed by atoms with Crippen molar-refractivity contribution in [2.24, 2.45) is 10.4 Å². The maximum Gasteiger partial charge on any atom is 1.00 e. The molecule has 0 bridgehead atoms. The Kier molecular flexibility index (Phi) is 5.00. The number of aromatic nitrogens is 2. The zero-order chi connectivity index (χ0) is 6.53. The molecule has 0 aliphatic heterocycles. The van der Waals surface area contributed by atoms with Crippen molar-refractivity contribution in [3.05, 3.63) is 23.8 Å². The second-order valence-corrected chi connectivity index (χ2v) is 1.25. The summed E-state index contributed by atoms with van der Waals surface area (Å²) in [5.41, 5.74) is 0. The Hall–Kier alpha value is -0.520. The van der Waals surface area contributed by atoms with Gasteiger partial charge >= 0.3 is 29.6 Å². The van der Waals surface area contributed by atoms with Gasteiger partial charge in [0.1, 0.15) is 0 Å². The Morgan fingerprint density at radius 1 is 1.40 bits per heavy atom. The van der Waals surface area contributed by atoms with Crippen molar-refractivity contribution in [3.63, 3.8) is 0 Å². The van der Waals surface area contributed by atoms with Crippen LogP contribution in [0.15, 0.2) is 29.0 Å². The molecule has 0 spiro atoms. The normalized spacial score (nSPS) is 9.20. The molecule has 0 saturated heterocycles. The van der Waals surface area contributed by atoms with Crippen LogP contribution in [0.5, 0.6) is 0 Å². The summed E-state index contributed by atoms with van der Waals surface area (Å²) in [7, 11) is 0. The van der Waals surface area contributed by atoms with E-state index in [9.17, 15) is 5.21 Å². The standard InChI is InChI=1S/C4H4N4O.Na/c9-8-7-4-3-5-1-2-6-4;/h1-3H,(H,6,7,9);/q;+1/p-1. The first-order valence-corrected chi connectivity index (χ1v) is 2.23. The number of hydrogen-bond acceptors (Lipinski definition) is 5. The zero-order valence-corrected chi connectivity index (χ0v) is 7.43. The van der Waals surface area contributed by atoms with E-state index in [0.717, 1.165) is 0 Å². The molecule has 0 amide bonds. The summed E-state index contributed by atoms with van der Waals surface area (Å²) in [6.45, 7) is 0. The van der Waals surface area contributed by atoms with Gasteiger partial charge in [0.05, 0.1) is 6.20 Å². The predicted molar refractivity (Wildman–Crippen MR) is 29.9 cm³/mol. The van der Waals surface area contributed by atoms with Crippen LogP contribution < -0.4 is 29.6 Å². The number of rotatable bonds is 1. The van der Waals surface area contributed by atoms with Crippen LogP contribution >= 0.6 is 0 Å². The van der Waals surface area contributed by atoms with E-state index < -0.39 is 0 Å². The SMILES string of the molecule is [Na+].[O-]N=Nc1cnccn1. The molecule has 0 atom stereocenters. The van der Waals surface area contributed by atoms with Crippen molar-refractivity contribution < 1.29 is 29.6 Å². The summed E-state index contributed by atoms with van der Waals surface area (Å²) in [6, 6.07) is 0. The summed E-state index contributed by atoms with van der Waals surface area (Å²) < 4.78 is 0. The minimum Gasteiger partial charge on any atom is -0.775 e. The van der Waals surface area contributed by atoms with Gasteiger partial charge in [0.15, 0.2) is 5.82 Å². The Morgan fingerprint density at radius 3 is 2.70 bits per heavy atom. The van der Waals surface area contributed by atoms with Gasteiger partial charge in [-0.3, -0.25) is 4.98 Å². The van der Waals surface area contributed by atoms with Crippen LogP contribution in [0.25, 0.3) is 0 Å². The Bertz CT molecular complexity index is 202. The summed E-state index contributed by atoms with van der Waals surface area (Å²) in [5, 5.41) is 14.9. The van der Waals surface area contributed by atoms with E-state index in [-0.39, 0.29) is 35.4 Å². The summed E-state index contributed by atoms with van der Waals surface area (Å²) in [4.78, 5) is 7.29. The maximum atomic E-state index is 9.49. The maximum absolute atomic E-state index is 9.49. The monoisotopic (exact) mass is 146 g/mol. The summed E-state index contributed by atoms with van der Waals surface area (Å²) in [6.07, 6.45) is 4.27. The van der Waals surface area contributed by atoms with Gasteiger partial charge in [-0.25, -0.2) is 10.3 Å². The van der Waals surface area contributed by atoms with Crippen LogP contribution in [0.2, 0.25) is 0 Å². The molecule has 0 saturated carbocycles. The first-order valence-electron chi connectivity index (χ1n) is 2.23. The molecule has 1 rings (SSSR count). The van der Waals surface area contributed by atoms with E-state index in [4.69, 9.17) is 0 Å². The van der Waals surface area contributed by atoms with Gasteiger partial charge in [-0.05, 0) is 0 Å². The van der Waals surface area contributed by atoms with Gasteiger partial charge in [0.2, 0.25) is 0 Å². The van der Waals surface area contributed by atoms with Gasteiger partial charge in [0, 0.05) is 12.4 Å². The third kappa shape index (κ3) is 2.86. The van der Waals surface area contributed by atoms with E-state index in [1.165, 1.54) is 18.6 Å². The fraction of sp³-hybridized carbons (Fsp3) is 0. The van der Waals surface area contributed by atoms with Crippen molar-refractivity contribution in [1.82, 2.24) is 9.97 Å². The van der Waals surface area contributed by atoms with Crippen LogP contribution in [0.1, 0.15) is 0 Å². The molecule has 0 aliphatic rings. The van der Waals surface area contributed by atoms with Crippen LogP contribution in [0, 0.1) is 5.21 Å². The average molecular weight is 146 g/mol. The molecular weight excluding hydrogens is 143 g/mol. The first kappa shape index (κ1) is 9.48. The molecule has 46 valence electrons. The largest absolute Gasteiger partial charge is 1.00 e. The van der Waals surface area contributed by atoms with Crippen molar-refractivity contribution >= 4 is 5.82 Å². The Balaban J connectivity index is 0.000000810. The third-order valence-electron chi connectivity index (χ3n) is 0.693. The molecule has 6 heteroatoms. The van der Waals surface area contributed by atoms with Gasteiger partial charge < -0.3 is 5.21 Å². The summed E-state index contributed by atoms with van der Waals surface area (Å²) >= 11 is 0. The first-order chi connectivity index (χ1) is 4.43. The fourth-order valence-electron chi connectivity index (χ4n) is 0.385. The molecule has 1 heterocycles. The molecule has 0 N–H and O–H groups in total. The van der Waals surface area contributed by atoms with Crippen LogP contribution in [0.4, 0.5) is 5.82 Å². The molecule has 0 radical (unpaired) electrons. The molecule has 1 aromatic heterocycles. The second kappa shape index (κ2) is 5.28. The third-order valence-corrected chi connectivity index (χ3v) is 0.693. The molecule has 0 aliphatic carbocycles. The Labute approximate surface area is 79.5 Å². The van der Waals surface area contributed by atoms with Crippen LogP contribution in [-0.4, -0.2) is 9.97 Å². The smallest absolute Gasteiger partial charge is 0.775 e. The second-order valence-electron chi connectivity index (χ2n) is 1.25. The quantitative estimate of drug-likeness (QED) is 0.263. The number of hydrogen-bond donors (Lipinski definition) is 0. The molecule has 0 unspecified atom stereocenters. The van der Waals surface area contributed by atoms with E-state index in [1.54, 1.807) is 0 Å². The molecule has 0 fully saturated rings. The van der Waals surface area contributed by atoms with E-state index in [0.29, 0.717) is 0 Å². The van der Waals surface area contributed by atoms with Crippen molar-refractivity contribution in [3.8, 4) is 0 Å². The topological polar surface area (TPSA) is 73.6 Å². The van der Waals surface area contributed by atoms with Gasteiger partial charge in [-0.15, -0.1) is 5.11 Å². The zero-order valence-electron chi connectivity index (χ0n) is 5.43. The van der Waals surface area contributed by atoms with Crippen LogP contribution in [0.3, 0.4) is 0 Å². The minimum atomic E-state index is 0. The Morgan fingerprint density at radius 2 is 2.20 bits per heavy atom.